The van der Waals surface area contributed by atoms with Crippen LogP contribution in [0.4, 0.5) is 0 Å². The predicted octanol–water partition coefficient (Wildman–Crippen LogP) is 2.73. The Morgan fingerprint density at radius 2 is 1.82 bits per heavy atom. The van der Waals surface area contributed by atoms with E-state index >= 15 is 0 Å². The second kappa shape index (κ2) is 9.77. The Morgan fingerprint density at radius 3 is 2.39 bits per heavy atom. The van der Waals surface area contributed by atoms with E-state index in [0.29, 0.717) is 6.54 Å². The van der Waals surface area contributed by atoms with Crippen molar-refractivity contribution in [2.45, 2.75) is 31.3 Å². The normalized spacial score (nSPS) is 11.3. The molecule has 2 rings (SSSR count). The minimum Gasteiger partial charge on any atom is -0.497 e. The zero-order chi connectivity index (χ0) is 20.7. The van der Waals surface area contributed by atoms with Crippen LogP contribution in [0, 0.1) is 0 Å². The highest BCUT2D eigenvalue weighted by atomic mass is 35.5. The molecular weight excluding hydrogens is 404 g/mol. The lowest BCUT2D eigenvalue weighted by molar-refractivity contribution is -0.123. The number of nitrogens with one attached hydrogen (secondary N) is 2. The molecule has 0 heterocycles. The summed E-state index contributed by atoms with van der Waals surface area (Å²) >= 11 is 6.10. The van der Waals surface area contributed by atoms with Crippen LogP contribution >= 0.6 is 11.6 Å². The van der Waals surface area contributed by atoms with Crippen molar-refractivity contribution in [3.8, 4) is 11.5 Å². The molecule has 7 nitrogen and oxygen atoms in total. The van der Waals surface area contributed by atoms with Gasteiger partial charge in [0, 0.05) is 12.6 Å². The maximum absolute atomic E-state index is 12.1. The third-order valence-electron chi connectivity index (χ3n) is 3.61. The van der Waals surface area contributed by atoms with Crippen molar-refractivity contribution < 1.29 is 22.7 Å². The molecule has 0 saturated carbocycles. The van der Waals surface area contributed by atoms with Crippen LogP contribution in [-0.2, 0) is 21.4 Å². The van der Waals surface area contributed by atoms with E-state index in [4.69, 9.17) is 21.1 Å². The number of sulfonamides is 1. The Hall–Kier alpha value is -2.29. The quantitative estimate of drug-likeness (QED) is 0.643. The zero-order valence-corrected chi connectivity index (χ0v) is 17.4. The summed E-state index contributed by atoms with van der Waals surface area (Å²) in [5.74, 6) is 0.636. The van der Waals surface area contributed by atoms with Gasteiger partial charge in [-0.05, 0) is 49.7 Å². The van der Waals surface area contributed by atoms with Crippen LogP contribution in [0.2, 0.25) is 5.02 Å². The van der Waals surface area contributed by atoms with Crippen molar-refractivity contribution in [3.05, 3.63) is 53.1 Å². The Balaban J connectivity index is 1.90. The predicted molar refractivity (Wildman–Crippen MR) is 107 cm³/mol. The van der Waals surface area contributed by atoms with E-state index in [0.717, 1.165) is 11.3 Å². The maximum atomic E-state index is 12.1. The highest BCUT2D eigenvalue weighted by Crippen LogP contribution is 2.27. The van der Waals surface area contributed by atoms with Crippen LogP contribution in [0.15, 0.2) is 47.4 Å². The first-order valence-corrected chi connectivity index (χ1v) is 10.4. The number of amides is 1. The molecule has 0 radical (unpaired) electrons. The molecule has 0 aliphatic carbocycles. The molecule has 0 aliphatic heterocycles. The molecule has 28 heavy (non-hydrogen) atoms. The number of rotatable bonds is 9. The Bertz CT molecular complexity index is 914. The molecule has 0 unspecified atom stereocenters. The molecule has 0 spiro atoms. The molecule has 2 aromatic rings. The zero-order valence-electron chi connectivity index (χ0n) is 15.9. The lowest BCUT2D eigenvalue weighted by Crippen LogP contribution is -2.30. The van der Waals surface area contributed by atoms with Gasteiger partial charge in [0.2, 0.25) is 10.0 Å². The van der Waals surface area contributed by atoms with Gasteiger partial charge in [-0.1, -0.05) is 23.7 Å². The summed E-state index contributed by atoms with van der Waals surface area (Å²) in [4.78, 5) is 12.0. The maximum Gasteiger partial charge on any atom is 0.258 e. The van der Waals surface area contributed by atoms with Gasteiger partial charge in [-0.25, -0.2) is 13.1 Å². The minimum absolute atomic E-state index is 0.0301. The monoisotopic (exact) mass is 426 g/mol. The van der Waals surface area contributed by atoms with Crippen molar-refractivity contribution in [2.75, 3.05) is 13.7 Å². The summed E-state index contributed by atoms with van der Waals surface area (Å²) < 4.78 is 37.2. The number of benzene rings is 2. The Kier molecular flexibility index (Phi) is 7.68. The Labute approximate surface area is 170 Å². The molecule has 0 saturated heterocycles. The molecule has 2 aromatic carbocycles. The van der Waals surface area contributed by atoms with Gasteiger partial charge < -0.3 is 14.8 Å². The topological polar surface area (TPSA) is 93.7 Å². The van der Waals surface area contributed by atoms with Gasteiger partial charge in [0.15, 0.2) is 6.61 Å². The largest absolute Gasteiger partial charge is 0.497 e. The average Bonchev–Trinajstić information content (AvgIpc) is 2.64. The van der Waals surface area contributed by atoms with E-state index < -0.39 is 10.0 Å². The van der Waals surface area contributed by atoms with Crippen molar-refractivity contribution in [1.29, 1.82) is 0 Å². The molecule has 9 heteroatoms. The molecule has 0 aromatic heterocycles. The van der Waals surface area contributed by atoms with Crippen LogP contribution in [0.3, 0.4) is 0 Å². The molecule has 2 N–H and O–H groups in total. The molecule has 0 aliphatic rings. The van der Waals surface area contributed by atoms with E-state index in [1.54, 1.807) is 21.0 Å². The second-order valence-electron chi connectivity index (χ2n) is 6.28. The fourth-order valence-electron chi connectivity index (χ4n) is 2.28. The average molecular weight is 427 g/mol. The van der Waals surface area contributed by atoms with Gasteiger partial charge in [-0.2, -0.15) is 0 Å². The summed E-state index contributed by atoms with van der Waals surface area (Å²) in [6, 6.07) is 11.2. The summed E-state index contributed by atoms with van der Waals surface area (Å²) in [6.45, 7) is 3.55. The summed E-state index contributed by atoms with van der Waals surface area (Å²) in [5.41, 5.74) is 0.916. The second-order valence-corrected chi connectivity index (χ2v) is 8.40. The van der Waals surface area contributed by atoms with Gasteiger partial charge in [0.05, 0.1) is 17.0 Å². The van der Waals surface area contributed by atoms with Crippen molar-refractivity contribution >= 4 is 27.5 Å². The fraction of sp³-hybridized carbons (Fsp3) is 0.316. The van der Waals surface area contributed by atoms with Crippen LogP contribution in [0.5, 0.6) is 11.5 Å². The van der Waals surface area contributed by atoms with Gasteiger partial charge >= 0.3 is 0 Å². The Morgan fingerprint density at radius 1 is 1.14 bits per heavy atom. The van der Waals surface area contributed by atoms with E-state index in [2.05, 4.69) is 10.0 Å². The van der Waals surface area contributed by atoms with Crippen molar-refractivity contribution in [2.24, 2.45) is 0 Å². The van der Waals surface area contributed by atoms with Crippen LogP contribution < -0.4 is 19.5 Å². The molecule has 0 bridgehead atoms. The van der Waals surface area contributed by atoms with Crippen molar-refractivity contribution in [1.82, 2.24) is 10.0 Å². The number of ether oxygens (including phenoxy) is 2. The highest BCUT2D eigenvalue weighted by Gasteiger charge is 2.17. The van der Waals surface area contributed by atoms with Gasteiger partial charge in [-0.15, -0.1) is 0 Å². The van der Waals surface area contributed by atoms with Gasteiger partial charge in [0.25, 0.3) is 5.91 Å². The SMILES string of the molecule is COc1ccc(CNC(=O)COc2ccc(S(=O)(=O)NC(C)C)cc2Cl)cc1. The van der Waals surface area contributed by atoms with Crippen molar-refractivity contribution in [3.63, 3.8) is 0 Å². The fourth-order valence-corrected chi connectivity index (χ4v) is 3.86. The van der Waals surface area contributed by atoms with Crippen LogP contribution in [-0.4, -0.2) is 34.1 Å². The number of methoxy groups -OCH3 is 1. The third kappa shape index (κ3) is 6.40. The first-order chi connectivity index (χ1) is 13.2. The molecular formula is C19H23ClN2O5S. The molecule has 0 fully saturated rings. The first-order valence-electron chi connectivity index (χ1n) is 8.55. The number of carbonyl (C=O) groups is 1. The minimum atomic E-state index is -3.65. The number of hydrogen-bond acceptors (Lipinski definition) is 5. The lowest BCUT2D eigenvalue weighted by atomic mass is 10.2. The smallest absolute Gasteiger partial charge is 0.258 e. The third-order valence-corrected chi connectivity index (χ3v) is 5.56. The van der Waals surface area contributed by atoms with Gasteiger partial charge in [-0.3, -0.25) is 4.79 Å². The molecule has 1 amide bonds. The van der Waals surface area contributed by atoms with E-state index in [1.807, 2.05) is 24.3 Å². The summed E-state index contributed by atoms with van der Waals surface area (Å²) in [5, 5.41) is 2.84. The standard InChI is InChI=1S/C19H23ClN2O5S/c1-13(2)22-28(24,25)16-8-9-18(17(20)10-16)27-12-19(23)21-11-14-4-6-15(26-3)7-5-14/h4-10,13,22H,11-12H2,1-3H3,(H,21,23). The number of hydrogen-bond donors (Lipinski definition) is 2. The molecule has 0 atom stereocenters. The lowest BCUT2D eigenvalue weighted by Gasteiger charge is -2.12. The first kappa shape index (κ1) is 22.0. The van der Waals surface area contributed by atoms with Gasteiger partial charge in [0.1, 0.15) is 11.5 Å². The van der Waals surface area contributed by atoms with Crippen LogP contribution in [0.1, 0.15) is 19.4 Å². The highest BCUT2D eigenvalue weighted by molar-refractivity contribution is 7.89. The number of carbonyl (C=O) groups excluding carboxylic acids is 1. The van der Waals surface area contributed by atoms with E-state index in [1.165, 1.54) is 18.2 Å². The van der Waals surface area contributed by atoms with E-state index in [-0.39, 0.29) is 34.2 Å². The number of halogens is 1. The summed E-state index contributed by atoms with van der Waals surface area (Å²) in [7, 11) is -2.07. The van der Waals surface area contributed by atoms with Crippen LogP contribution in [0.25, 0.3) is 0 Å². The summed E-state index contributed by atoms with van der Waals surface area (Å²) in [6.07, 6.45) is 0. The molecule has 152 valence electrons. The van der Waals surface area contributed by atoms with E-state index in [9.17, 15) is 13.2 Å².